The lowest BCUT2D eigenvalue weighted by Gasteiger charge is -2.43. The molecule has 1 N–H and O–H groups in total. The fourth-order valence-electron chi connectivity index (χ4n) is 4.36. The van der Waals surface area contributed by atoms with Crippen LogP contribution in [-0.4, -0.2) is 22.6 Å². The third-order valence-electron chi connectivity index (χ3n) is 5.97. The van der Waals surface area contributed by atoms with Crippen LogP contribution in [0.25, 0.3) is 10.9 Å². The van der Waals surface area contributed by atoms with Crippen LogP contribution in [0, 0.1) is 0 Å². The zero-order chi connectivity index (χ0) is 20.7. The summed E-state index contributed by atoms with van der Waals surface area (Å²) in [5.74, 6) is -0.349. The average molecular weight is 461 g/mol. The Bertz CT molecular complexity index is 1220. The van der Waals surface area contributed by atoms with Crippen LogP contribution in [0.4, 0.5) is 0 Å². The van der Waals surface area contributed by atoms with Gasteiger partial charge in [0.25, 0.3) is 0 Å². The van der Waals surface area contributed by atoms with Crippen LogP contribution in [0.5, 0.6) is 0 Å². The predicted octanol–water partition coefficient (Wildman–Crippen LogP) is 5.82. The lowest BCUT2D eigenvalue weighted by atomic mass is 9.82. The topological polar surface area (TPSA) is 45.3 Å². The number of fused-ring (bicyclic) bond motifs is 3. The van der Waals surface area contributed by atoms with E-state index in [1.807, 2.05) is 41.5 Å². The maximum absolute atomic E-state index is 12.9. The van der Waals surface area contributed by atoms with Gasteiger partial charge < -0.3 is 9.82 Å². The van der Waals surface area contributed by atoms with Gasteiger partial charge in [-0.2, -0.15) is 0 Å². The van der Waals surface area contributed by atoms with E-state index in [0.29, 0.717) is 12.1 Å². The number of hydrogen-bond acceptors (Lipinski definition) is 3. The van der Waals surface area contributed by atoms with E-state index in [1.54, 1.807) is 12.1 Å². The molecular weight excluding hydrogens is 440 g/mol. The molecule has 0 unspecified atom stereocenters. The molecule has 0 amide bonds. The lowest BCUT2D eigenvalue weighted by molar-refractivity contribution is -0.169. The molecule has 4 nitrogen and oxygen atoms in total. The molecule has 1 aliphatic heterocycles. The molecule has 0 saturated heterocycles. The second kappa shape index (κ2) is 7.42. The average Bonchev–Trinajstić information content (AvgIpc) is 3.16. The lowest BCUT2D eigenvalue weighted by Crippen LogP contribution is -2.50. The summed E-state index contributed by atoms with van der Waals surface area (Å²) >= 11 is 3.53. The van der Waals surface area contributed by atoms with E-state index in [0.717, 1.165) is 27.7 Å². The molecule has 3 aromatic carbocycles. The number of hydroxylamine groups is 2. The van der Waals surface area contributed by atoms with Crippen molar-refractivity contribution in [2.45, 2.75) is 18.9 Å². The minimum Gasteiger partial charge on any atom is -0.363 e. The van der Waals surface area contributed by atoms with Crippen molar-refractivity contribution in [1.82, 2.24) is 10.0 Å². The number of nitrogens with one attached hydrogen (secondary N) is 1. The van der Waals surface area contributed by atoms with Crippen LogP contribution in [-0.2, 0) is 16.8 Å². The zero-order valence-corrected chi connectivity index (χ0v) is 18.1. The first kappa shape index (κ1) is 19.1. The van der Waals surface area contributed by atoms with Gasteiger partial charge in [-0.1, -0.05) is 64.5 Å². The number of aromatic amines is 1. The van der Waals surface area contributed by atoms with E-state index in [2.05, 4.69) is 58.2 Å². The van der Waals surface area contributed by atoms with Crippen LogP contribution in [0.2, 0.25) is 0 Å². The molecule has 150 valence electrons. The molecule has 0 spiro atoms. The number of halogens is 1. The van der Waals surface area contributed by atoms with Crippen molar-refractivity contribution < 1.29 is 9.63 Å². The van der Waals surface area contributed by atoms with Gasteiger partial charge in [-0.25, -0.2) is 4.79 Å². The van der Waals surface area contributed by atoms with Crippen molar-refractivity contribution in [3.8, 4) is 0 Å². The van der Waals surface area contributed by atoms with Gasteiger partial charge >= 0.3 is 5.97 Å². The molecule has 1 atom stereocenters. The monoisotopic (exact) mass is 460 g/mol. The molecule has 30 heavy (non-hydrogen) atoms. The first-order valence-corrected chi connectivity index (χ1v) is 10.8. The molecular formula is C25H21BrN2O2. The normalized spacial score (nSPS) is 18.9. The fraction of sp³-hybridized carbons (Fsp3) is 0.160. The quantitative estimate of drug-likeness (QED) is 0.418. The summed E-state index contributed by atoms with van der Waals surface area (Å²) in [6.45, 7) is 2.72. The predicted molar refractivity (Wildman–Crippen MR) is 121 cm³/mol. The van der Waals surface area contributed by atoms with Crippen molar-refractivity contribution in [3.63, 3.8) is 0 Å². The highest BCUT2D eigenvalue weighted by atomic mass is 79.9. The van der Waals surface area contributed by atoms with Crippen molar-refractivity contribution in [2.24, 2.45) is 0 Å². The molecule has 2 heterocycles. The maximum atomic E-state index is 12.9. The molecule has 1 aromatic heterocycles. The summed E-state index contributed by atoms with van der Waals surface area (Å²) in [7, 11) is 0. The van der Waals surface area contributed by atoms with Gasteiger partial charge in [0.1, 0.15) is 5.54 Å². The molecule has 5 rings (SSSR count). The van der Waals surface area contributed by atoms with E-state index in [1.165, 1.54) is 10.9 Å². The number of benzene rings is 3. The number of nitrogens with zero attached hydrogens (tertiary/aromatic N) is 1. The molecule has 4 aromatic rings. The molecule has 0 saturated carbocycles. The first-order valence-electron chi connectivity index (χ1n) is 9.98. The van der Waals surface area contributed by atoms with Gasteiger partial charge in [0.05, 0.1) is 5.56 Å². The van der Waals surface area contributed by atoms with Gasteiger partial charge in [0.2, 0.25) is 0 Å². The number of para-hydroxylation sites is 1. The van der Waals surface area contributed by atoms with Crippen LogP contribution >= 0.6 is 15.9 Å². The van der Waals surface area contributed by atoms with Gasteiger partial charge in [-0.3, -0.25) is 0 Å². The SMILES string of the molecule is C[C@]1(c2ccc(Br)cc2)c2[nH]c3ccccc3c2CCN1OC(=O)c1ccccc1. The Morgan fingerprint density at radius 2 is 1.70 bits per heavy atom. The number of carbonyl (C=O) groups excluding carboxylic acids is 1. The minimum absolute atomic E-state index is 0.349. The van der Waals surface area contributed by atoms with Gasteiger partial charge in [0, 0.05) is 27.6 Å². The Morgan fingerprint density at radius 1 is 1.00 bits per heavy atom. The standard InChI is InChI=1S/C25H21BrN2O2/c1-25(18-11-13-19(26)14-12-18)23-21(20-9-5-6-10-22(20)27-23)15-16-28(25)30-24(29)17-7-3-2-4-8-17/h2-14,27H,15-16H2,1H3/t25-/m0/s1. The maximum Gasteiger partial charge on any atom is 0.357 e. The summed E-state index contributed by atoms with van der Waals surface area (Å²) in [4.78, 5) is 22.5. The number of aromatic nitrogens is 1. The summed E-state index contributed by atoms with van der Waals surface area (Å²) < 4.78 is 1.01. The summed E-state index contributed by atoms with van der Waals surface area (Å²) in [6.07, 6.45) is 0.799. The molecule has 0 radical (unpaired) electrons. The van der Waals surface area contributed by atoms with Gasteiger partial charge in [-0.05, 0) is 54.8 Å². The number of rotatable bonds is 3. The molecule has 0 fully saturated rings. The smallest absolute Gasteiger partial charge is 0.357 e. The van der Waals surface area contributed by atoms with Gasteiger partial charge in [0.15, 0.2) is 0 Å². The van der Waals surface area contributed by atoms with E-state index in [-0.39, 0.29) is 5.97 Å². The number of hydrogen-bond donors (Lipinski definition) is 1. The third-order valence-corrected chi connectivity index (χ3v) is 6.50. The minimum atomic E-state index is -0.641. The van der Waals surface area contributed by atoms with Crippen molar-refractivity contribution in [2.75, 3.05) is 6.54 Å². The largest absolute Gasteiger partial charge is 0.363 e. The summed E-state index contributed by atoms with van der Waals surface area (Å²) in [5, 5.41) is 3.05. The molecule has 0 bridgehead atoms. The molecule has 0 aliphatic carbocycles. The van der Waals surface area contributed by atoms with Crippen molar-refractivity contribution in [1.29, 1.82) is 0 Å². The molecule has 5 heteroatoms. The Labute approximate surface area is 183 Å². The van der Waals surface area contributed by atoms with Crippen LogP contribution in [0.3, 0.4) is 0 Å². The Morgan fingerprint density at radius 3 is 2.47 bits per heavy atom. The number of H-pyrrole nitrogens is 1. The third kappa shape index (κ3) is 3.06. The highest BCUT2D eigenvalue weighted by Crippen LogP contribution is 2.43. The van der Waals surface area contributed by atoms with Gasteiger partial charge in [-0.15, -0.1) is 5.06 Å². The zero-order valence-electron chi connectivity index (χ0n) is 16.6. The number of carbonyl (C=O) groups is 1. The second-order valence-corrected chi connectivity index (χ2v) is 8.62. The Hall–Kier alpha value is -2.89. The second-order valence-electron chi connectivity index (χ2n) is 7.70. The van der Waals surface area contributed by atoms with E-state index in [9.17, 15) is 4.79 Å². The van der Waals surface area contributed by atoms with Crippen LogP contribution in [0.1, 0.15) is 34.1 Å². The van der Waals surface area contributed by atoms with E-state index in [4.69, 9.17) is 4.84 Å². The van der Waals surface area contributed by atoms with Crippen LogP contribution < -0.4 is 0 Å². The highest BCUT2D eigenvalue weighted by molar-refractivity contribution is 9.10. The summed E-state index contributed by atoms with van der Waals surface area (Å²) in [5.41, 5.74) is 4.40. The first-order chi connectivity index (χ1) is 14.6. The van der Waals surface area contributed by atoms with Crippen molar-refractivity contribution in [3.05, 3.63) is 106 Å². The Balaban J connectivity index is 1.63. The fourth-order valence-corrected chi connectivity index (χ4v) is 4.63. The Kier molecular flexibility index (Phi) is 4.72. The molecule has 1 aliphatic rings. The summed E-state index contributed by atoms with van der Waals surface area (Å²) in [6, 6.07) is 25.7. The van der Waals surface area contributed by atoms with E-state index >= 15 is 0 Å². The van der Waals surface area contributed by atoms with Crippen molar-refractivity contribution >= 4 is 32.8 Å². The highest BCUT2D eigenvalue weighted by Gasteiger charge is 2.45. The van der Waals surface area contributed by atoms with Crippen LogP contribution in [0.15, 0.2) is 83.3 Å². The van der Waals surface area contributed by atoms with E-state index < -0.39 is 5.54 Å².